The molecule has 6 nitrogen and oxygen atoms in total. The van der Waals surface area contributed by atoms with E-state index in [9.17, 15) is 4.79 Å². The van der Waals surface area contributed by atoms with Crippen molar-refractivity contribution in [2.75, 3.05) is 5.43 Å². The lowest BCUT2D eigenvalue weighted by Gasteiger charge is -2.04. The molecule has 0 unspecified atom stereocenters. The number of nitrogens with two attached hydrogens (primary N) is 2. The molecular weight excluding hydrogens is 252 g/mol. The predicted molar refractivity (Wildman–Crippen MR) is 69.2 cm³/mol. The quantitative estimate of drug-likeness (QED) is 0.554. The molecule has 1 amide bonds. The summed E-state index contributed by atoms with van der Waals surface area (Å²) in [5.74, 6) is 5.44. The predicted octanol–water partition coefficient (Wildman–Crippen LogP) is 1.11. The number of primary amides is 1. The second-order valence-electron chi connectivity index (χ2n) is 3.45. The molecule has 94 valence electrons. The monoisotopic (exact) mass is 264 g/mol. The third kappa shape index (κ3) is 2.96. The number of aromatic nitrogens is 1. The Balaban J connectivity index is 1.95. The number of nitrogens with zero attached hydrogens (tertiary/aromatic N) is 1. The fourth-order valence-electron chi connectivity index (χ4n) is 1.31. The number of carbonyl (C=O) groups excluding carboxylic acids is 1. The van der Waals surface area contributed by atoms with Crippen molar-refractivity contribution in [2.45, 2.75) is 6.61 Å². The van der Waals surface area contributed by atoms with E-state index in [-0.39, 0.29) is 0 Å². The van der Waals surface area contributed by atoms with Gasteiger partial charge in [-0.3, -0.25) is 10.2 Å². The molecular formula is C11H12N4O2S. The molecule has 1 aromatic carbocycles. The van der Waals surface area contributed by atoms with Crippen LogP contribution in [0.25, 0.3) is 0 Å². The zero-order valence-electron chi connectivity index (χ0n) is 9.42. The van der Waals surface area contributed by atoms with Crippen LogP contribution in [0.5, 0.6) is 5.75 Å². The Morgan fingerprint density at radius 3 is 2.67 bits per heavy atom. The number of hydrazine groups is 1. The number of rotatable bonds is 5. The number of hydrogen-bond acceptors (Lipinski definition) is 6. The van der Waals surface area contributed by atoms with Crippen LogP contribution < -0.4 is 21.7 Å². The molecule has 0 saturated carbocycles. The van der Waals surface area contributed by atoms with E-state index in [0.717, 1.165) is 4.88 Å². The van der Waals surface area contributed by atoms with Crippen LogP contribution in [0, 0.1) is 0 Å². The van der Waals surface area contributed by atoms with E-state index in [4.69, 9.17) is 16.3 Å². The minimum Gasteiger partial charge on any atom is -0.488 e. The summed E-state index contributed by atoms with van der Waals surface area (Å²) in [6, 6.07) is 6.64. The number of benzene rings is 1. The normalized spacial score (nSPS) is 10.1. The molecule has 0 saturated heterocycles. The van der Waals surface area contributed by atoms with Gasteiger partial charge in [0.05, 0.1) is 4.88 Å². The highest BCUT2D eigenvalue weighted by molar-refractivity contribution is 7.15. The largest absolute Gasteiger partial charge is 0.488 e. The molecule has 0 bridgehead atoms. The molecule has 0 aliphatic rings. The minimum absolute atomic E-state index is 0.398. The van der Waals surface area contributed by atoms with Crippen LogP contribution in [0.3, 0.4) is 0 Å². The second kappa shape index (κ2) is 5.48. The van der Waals surface area contributed by atoms with Crippen molar-refractivity contribution in [3.63, 3.8) is 0 Å². The van der Waals surface area contributed by atoms with E-state index >= 15 is 0 Å². The van der Waals surface area contributed by atoms with Crippen LogP contribution in [0.15, 0.2) is 30.5 Å². The Kier molecular flexibility index (Phi) is 3.75. The van der Waals surface area contributed by atoms with Crippen LogP contribution in [0.4, 0.5) is 5.13 Å². The van der Waals surface area contributed by atoms with Gasteiger partial charge in [-0.2, -0.15) is 0 Å². The Labute approximate surface area is 108 Å². The fraction of sp³-hybridized carbons (Fsp3) is 0.0909. The van der Waals surface area contributed by atoms with E-state index in [1.807, 2.05) is 0 Å². The van der Waals surface area contributed by atoms with Crippen LogP contribution in [-0.4, -0.2) is 10.9 Å². The summed E-state index contributed by atoms with van der Waals surface area (Å²) in [7, 11) is 0. The van der Waals surface area contributed by atoms with E-state index in [0.29, 0.717) is 23.1 Å². The summed E-state index contributed by atoms with van der Waals surface area (Å²) in [5.41, 5.74) is 8.06. The lowest BCUT2D eigenvalue weighted by atomic mass is 10.2. The molecule has 7 heteroatoms. The summed E-state index contributed by atoms with van der Waals surface area (Å²) in [4.78, 5) is 15.9. The average Bonchev–Trinajstić information content (AvgIpc) is 2.85. The van der Waals surface area contributed by atoms with E-state index in [1.54, 1.807) is 30.5 Å². The van der Waals surface area contributed by atoms with Crippen LogP contribution in [0.1, 0.15) is 15.2 Å². The SMILES string of the molecule is NNc1ncc(COc2ccc(C(N)=O)cc2)s1. The zero-order chi connectivity index (χ0) is 13.0. The lowest BCUT2D eigenvalue weighted by molar-refractivity contribution is 0.100. The highest BCUT2D eigenvalue weighted by Gasteiger charge is 2.03. The summed E-state index contributed by atoms with van der Waals surface area (Å²) >= 11 is 1.41. The van der Waals surface area contributed by atoms with Gasteiger partial charge in [0.25, 0.3) is 0 Å². The zero-order valence-corrected chi connectivity index (χ0v) is 10.2. The molecule has 0 spiro atoms. The van der Waals surface area contributed by atoms with Gasteiger partial charge in [0.1, 0.15) is 12.4 Å². The van der Waals surface area contributed by atoms with Crippen molar-refractivity contribution in [3.05, 3.63) is 40.9 Å². The standard InChI is InChI=1S/C11H12N4O2S/c12-10(16)7-1-3-8(4-2-7)17-6-9-5-14-11(15-13)18-9/h1-5H,6,13H2,(H2,12,16)(H,14,15). The first kappa shape index (κ1) is 12.3. The van der Waals surface area contributed by atoms with Crippen molar-refractivity contribution in [3.8, 4) is 5.75 Å². The molecule has 0 aliphatic carbocycles. The maximum Gasteiger partial charge on any atom is 0.248 e. The first-order chi connectivity index (χ1) is 8.69. The van der Waals surface area contributed by atoms with Gasteiger partial charge in [-0.1, -0.05) is 11.3 Å². The van der Waals surface area contributed by atoms with Gasteiger partial charge >= 0.3 is 0 Å². The molecule has 2 aromatic rings. The van der Waals surface area contributed by atoms with E-state index < -0.39 is 5.91 Å². The van der Waals surface area contributed by atoms with E-state index in [1.165, 1.54) is 11.3 Å². The third-order valence-corrected chi connectivity index (χ3v) is 3.10. The van der Waals surface area contributed by atoms with Crippen molar-refractivity contribution in [2.24, 2.45) is 11.6 Å². The number of ether oxygens (including phenoxy) is 1. The van der Waals surface area contributed by atoms with Gasteiger partial charge in [-0.05, 0) is 24.3 Å². The summed E-state index contributed by atoms with van der Waals surface area (Å²) in [5, 5.41) is 0.637. The number of carbonyl (C=O) groups is 1. The molecule has 2 rings (SSSR count). The molecule has 0 aliphatic heterocycles. The van der Waals surface area contributed by atoms with Gasteiger partial charge in [0, 0.05) is 11.8 Å². The molecule has 0 atom stereocenters. The molecule has 0 radical (unpaired) electrons. The minimum atomic E-state index is -0.456. The Morgan fingerprint density at radius 2 is 2.11 bits per heavy atom. The molecule has 5 N–H and O–H groups in total. The first-order valence-corrected chi connectivity index (χ1v) is 5.94. The van der Waals surface area contributed by atoms with Crippen LogP contribution in [-0.2, 0) is 6.61 Å². The molecule has 1 aromatic heterocycles. The summed E-state index contributed by atoms with van der Waals surface area (Å²) in [6.45, 7) is 0.398. The number of thiazole rings is 1. The van der Waals surface area contributed by atoms with Gasteiger partial charge < -0.3 is 10.5 Å². The fourth-order valence-corrected chi connectivity index (χ4v) is 1.95. The van der Waals surface area contributed by atoms with Gasteiger partial charge in [-0.25, -0.2) is 10.8 Å². The lowest BCUT2D eigenvalue weighted by Crippen LogP contribution is -2.10. The molecule has 0 fully saturated rings. The summed E-state index contributed by atoms with van der Waals surface area (Å²) < 4.78 is 5.53. The number of hydrogen-bond donors (Lipinski definition) is 3. The number of nitrogens with one attached hydrogen (secondary N) is 1. The van der Waals surface area contributed by atoms with Crippen molar-refractivity contribution in [1.82, 2.24) is 4.98 Å². The molecule has 18 heavy (non-hydrogen) atoms. The van der Waals surface area contributed by atoms with Gasteiger partial charge in [0.2, 0.25) is 5.91 Å². The van der Waals surface area contributed by atoms with Crippen molar-refractivity contribution in [1.29, 1.82) is 0 Å². The average molecular weight is 264 g/mol. The highest BCUT2D eigenvalue weighted by Crippen LogP contribution is 2.19. The Bertz CT molecular complexity index is 538. The highest BCUT2D eigenvalue weighted by atomic mass is 32.1. The number of nitrogen functional groups attached to an aromatic ring is 1. The van der Waals surface area contributed by atoms with Crippen LogP contribution >= 0.6 is 11.3 Å². The molecule has 1 heterocycles. The van der Waals surface area contributed by atoms with Crippen LogP contribution in [0.2, 0.25) is 0 Å². The number of anilines is 1. The maximum atomic E-state index is 10.9. The van der Waals surface area contributed by atoms with Gasteiger partial charge in [0.15, 0.2) is 5.13 Å². The Morgan fingerprint density at radius 1 is 1.39 bits per heavy atom. The number of amides is 1. The second-order valence-corrected chi connectivity index (χ2v) is 4.57. The summed E-state index contributed by atoms with van der Waals surface area (Å²) in [6.07, 6.45) is 1.69. The first-order valence-electron chi connectivity index (χ1n) is 5.13. The topological polar surface area (TPSA) is 103 Å². The van der Waals surface area contributed by atoms with Crippen molar-refractivity contribution >= 4 is 22.4 Å². The van der Waals surface area contributed by atoms with Crippen molar-refractivity contribution < 1.29 is 9.53 Å². The Hall–Kier alpha value is -2.12. The third-order valence-electron chi connectivity index (χ3n) is 2.20. The maximum absolute atomic E-state index is 10.9. The van der Waals surface area contributed by atoms with E-state index in [2.05, 4.69) is 10.4 Å². The smallest absolute Gasteiger partial charge is 0.248 e. The van der Waals surface area contributed by atoms with Gasteiger partial charge in [-0.15, -0.1) is 0 Å².